The summed E-state index contributed by atoms with van der Waals surface area (Å²) in [6.07, 6.45) is 1.91. The van der Waals surface area contributed by atoms with Gasteiger partial charge in [-0.1, -0.05) is 31.5 Å². The van der Waals surface area contributed by atoms with Crippen LogP contribution < -0.4 is 10.5 Å². The minimum absolute atomic E-state index is 0.618. The number of carbonyl (C=O) groups is 1. The number of para-hydroxylation sites is 1. The summed E-state index contributed by atoms with van der Waals surface area (Å²) in [5.41, 5.74) is 7.10. The Bertz CT molecular complexity index is 298. The van der Waals surface area contributed by atoms with E-state index < -0.39 is 12.0 Å². The smallest absolute Gasteiger partial charge is 0.279 e. The molecule has 0 spiro atoms. The Labute approximate surface area is 90.2 Å². The number of rotatable bonds is 6. The second-order valence-electron chi connectivity index (χ2n) is 3.43. The Balaban J connectivity index is 2.55. The van der Waals surface area contributed by atoms with Gasteiger partial charge in [-0.2, -0.15) is 0 Å². The number of ether oxygens (including phenoxy) is 1. The van der Waals surface area contributed by atoms with Crippen LogP contribution in [0.15, 0.2) is 30.3 Å². The average molecular weight is 206 g/mol. The van der Waals surface area contributed by atoms with Gasteiger partial charge in [0.1, 0.15) is 5.75 Å². The molecule has 1 radical (unpaired) electrons. The molecule has 1 aromatic rings. The molecule has 0 saturated heterocycles. The normalized spacial score (nSPS) is 12.1. The van der Waals surface area contributed by atoms with Crippen LogP contribution in [0.5, 0.6) is 5.75 Å². The first-order chi connectivity index (χ1) is 7.24. The maximum absolute atomic E-state index is 11.0. The van der Waals surface area contributed by atoms with Crippen molar-refractivity contribution in [2.24, 2.45) is 0 Å². The van der Waals surface area contributed by atoms with Crippen molar-refractivity contribution in [2.45, 2.75) is 32.3 Å². The van der Waals surface area contributed by atoms with E-state index in [4.69, 9.17) is 10.5 Å². The van der Waals surface area contributed by atoms with E-state index >= 15 is 0 Å². The fourth-order valence-corrected chi connectivity index (χ4v) is 1.30. The summed E-state index contributed by atoms with van der Waals surface area (Å²) in [5.74, 6) is 0.00602. The molecule has 1 N–H and O–H groups in total. The highest BCUT2D eigenvalue weighted by Crippen LogP contribution is 2.14. The van der Waals surface area contributed by atoms with Crippen molar-refractivity contribution >= 4 is 5.91 Å². The molecule has 0 saturated carbocycles. The standard InChI is InChI=1S/C12H16NO2/c1-2-3-9-11(12(13)14)15-10-7-5-4-6-8-10/h4-8,11,13H,2-3,9H2,1H3. The Morgan fingerprint density at radius 1 is 1.40 bits per heavy atom. The predicted octanol–water partition coefficient (Wildman–Crippen LogP) is 2.43. The SMILES string of the molecule is CCCCC(Oc1ccccc1)C([NH])=O. The maximum Gasteiger partial charge on any atom is 0.279 e. The van der Waals surface area contributed by atoms with Gasteiger partial charge in [0.15, 0.2) is 6.10 Å². The van der Waals surface area contributed by atoms with Gasteiger partial charge in [0, 0.05) is 0 Å². The van der Waals surface area contributed by atoms with Crippen LogP contribution in [-0.4, -0.2) is 12.0 Å². The Morgan fingerprint density at radius 2 is 2.07 bits per heavy atom. The van der Waals surface area contributed by atoms with Crippen molar-refractivity contribution in [2.75, 3.05) is 0 Å². The topological polar surface area (TPSA) is 50.1 Å². The molecular weight excluding hydrogens is 190 g/mol. The van der Waals surface area contributed by atoms with Crippen molar-refractivity contribution in [3.8, 4) is 5.75 Å². The number of hydrogen-bond acceptors (Lipinski definition) is 2. The van der Waals surface area contributed by atoms with Crippen molar-refractivity contribution in [1.29, 1.82) is 0 Å². The Morgan fingerprint density at radius 3 is 2.60 bits per heavy atom. The predicted molar refractivity (Wildman–Crippen MR) is 58.5 cm³/mol. The highest BCUT2D eigenvalue weighted by atomic mass is 16.5. The molecule has 1 rings (SSSR count). The largest absolute Gasteiger partial charge is 0.481 e. The molecular formula is C12H16NO2. The fraction of sp³-hybridized carbons (Fsp3) is 0.417. The zero-order chi connectivity index (χ0) is 11.1. The number of nitrogens with one attached hydrogen (secondary N) is 1. The molecule has 0 bridgehead atoms. The van der Waals surface area contributed by atoms with E-state index in [0.717, 1.165) is 12.8 Å². The molecule has 1 atom stereocenters. The molecule has 1 amide bonds. The Kier molecular flexibility index (Phi) is 4.68. The van der Waals surface area contributed by atoms with Crippen molar-refractivity contribution in [1.82, 2.24) is 5.73 Å². The van der Waals surface area contributed by atoms with Crippen LogP contribution in [0.4, 0.5) is 0 Å². The summed E-state index contributed by atoms with van der Waals surface area (Å²) in [6, 6.07) is 9.17. The summed E-state index contributed by atoms with van der Waals surface area (Å²) >= 11 is 0. The first kappa shape index (κ1) is 11.6. The first-order valence-corrected chi connectivity index (χ1v) is 5.21. The third-order valence-electron chi connectivity index (χ3n) is 2.13. The van der Waals surface area contributed by atoms with Gasteiger partial charge in [0.05, 0.1) is 0 Å². The van der Waals surface area contributed by atoms with Gasteiger partial charge >= 0.3 is 0 Å². The molecule has 0 aliphatic carbocycles. The number of amides is 1. The van der Waals surface area contributed by atoms with Gasteiger partial charge in [0.2, 0.25) is 0 Å². The summed E-state index contributed by atoms with van der Waals surface area (Å²) in [6.45, 7) is 2.05. The summed E-state index contributed by atoms with van der Waals surface area (Å²) in [5, 5.41) is 0. The lowest BCUT2D eigenvalue weighted by atomic mass is 10.1. The van der Waals surface area contributed by atoms with E-state index in [1.54, 1.807) is 12.1 Å². The number of hydrogen-bond donors (Lipinski definition) is 0. The summed E-state index contributed by atoms with van der Waals surface area (Å²) in [4.78, 5) is 11.0. The van der Waals surface area contributed by atoms with Crippen molar-refractivity contribution in [3.63, 3.8) is 0 Å². The molecule has 0 aliphatic heterocycles. The second-order valence-corrected chi connectivity index (χ2v) is 3.43. The first-order valence-electron chi connectivity index (χ1n) is 5.21. The zero-order valence-corrected chi connectivity index (χ0v) is 8.90. The van der Waals surface area contributed by atoms with Gasteiger partial charge in [0.25, 0.3) is 5.91 Å². The highest BCUT2D eigenvalue weighted by Gasteiger charge is 2.16. The van der Waals surface area contributed by atoms with Gasteiger partial charge in [-0.15, -0.1) is 0 Å². The molecule has 0 heterocycles. The quantitative estimate of drug-likeness (QED) is 0.717. The number of carbonyl (C=O) groups excluding carboxylic acids is 1. The summed E-state index contributed by atoms with van der Waals surface area (Å²) < 4.78 is 5.44. The monoisotopic (exact) mass is 206 g/mol. The van der Waals surface area contributed by atoms with Crippen molar-refractivity contribution < 1.29 is 9.53 Å². The fourth-order valence-electron chi connectivity index (χ4n) is 1.30. The van der Waals surface area contributed by atoms with E-state index in [-0.39, 0.29) is 0 Å². The third kappa shape index (κ3) is 4.02. The van der Waals surface area contributed by atoms with E-state index in [0.29, 0.717) is 12.2 Å². The van der Waals surface area contributed by atoms with Crippen LogP contribution in [-0.2, 0) is 4.79 Å². The molecule has 0 aliphatic rings. The zero-order valence-electron chi connectivity index (χ0n) is 8.90. The average Bonchev–Trinajstić information content (AvgIpc) is 2.25. The van der Waals surface area contributed by atoms with Crippen LogP contribution in [0.3, 0.4) is 0 Å². The molecule has 3 heteroatoms. The van der Waals surface area contributed by atoms with E-state index in [1.807, 2.05) is 25.1 Å². The lowest BCUT2D eigenvalue weighted by molar-refractivity contribution is -0.125. The third-order valence-corrected chi connectivity index (χ3v) is 2.13. The number of benzene rings is 1. The molecule has 0 aromatic heterocycles. The van der Waals surface area contributed by atoms with E-state index in [9.17, 15) is 4.79 Å². The van der Waals surface area contributed by atoms with Crippen molar-refractivity contribution in [3.05, 3.63) is 30.3 Å². The summed E-state index contributed by atoms with van der Waals surface area (Å²) in [7, 11) is 0. The van der Waals surface area contributed by atoms with Crippen LogP contribution in [0.1, 0.15) is 26.2 Å². The van der Waals surface area contributed by atoms with Gasteiger partial charge in [-0.05, 0) is 25.0 Å². The van der Waals surface area contributed by atoms with Crippen LogP contribution in [0.2, 0.25) is 0 Å². The van der Waals surface area contributed by atoms with E-state index in [2.05, 4.69) is 0 Å². The molecule has 0 fully saturated rings. The number of unbranched alkanes of at least 4 members (excludes halogenated alkanes) is 1. The lowest BCUT2D eigenvalue weighted by Crippen LogP contribution is -2.28. The van der Waals surface area contributed by atoms with Gasteiger partial charge in [-0.3, -0.25) is 10.5 Å². The Hall–Kier alpha value is -1.51. The molecule has 1 aromatic carbocycles. The maximum atomic E-state index is 11.0. The molecule has 15 heavy (non-hydrogen) atoms. The molecule has 1 unspecified atom stereocenters. The van der Waals surface area contributed by atoms with Crippen LogP contribution >= 0.6 is 0 Å². The minimum atomic E-state index is -0.646. The second kappa shape index (κ2) is 6.06. The van der Waals surface area contributed by atoms with E-state index in [1.165, 1.54) is 0 Å². The molecule has 81 valence electrons. The van der Waals surface area contributed by atoms with Gasteiger partial charge in [-0.25, -0.2) is 0 Å². The van der Waals surface area contributed by atoms with Crippen LogP contribution in [0, 0.1) is 0 Å². The lowest BCUT2D eigenvalue weighted by Gasteiger charge is -2.14. The van der Waals surface area contributed by atoms with Crippen LogP contribution in [0.25, 0.3) is 0 Å². The highest BCUT2D eigenvalue weighted by molar-refractivity contribution is 5.78. The minimum Gasteiger partial charge on any atom is -0.481 e. The van der Waals surface area contributed by atoms with Gasteiger partial charge < -0.3 is 4.74 Å². The molecule has 3 nitrogen and oxygen atoms in total.